The van der Waals surface area contributed by atoms with Gasteiger partial charge < -0.3 is 15.5 Å². The Morgan fingerprint density at radius 3 is 3.08 bits per heavy atom. The van der Waals surface area contributed by atoms with Gasteiger partial charge in [-0.15, -0.1) is 0 Å². The summed E-state index contributed by atoms with van der Waals surface area (Å²) in [5.74, 6) is 1.36. The minimum atomic E-state index is 0.478. The lowest BCUT2D eigenvalue weighted by molar-refractivity contribution is 0.572. The van der Waals surface area contributed by atoms with E-state index in [0.717, 1.165) is 42.0 Å². The third-order valence-electron chi connectivity index (χ3n) is 4.75. The molecule has 2 aromatic heterocycles. The summed E-state index contributed by atoms with van der Waals surface area (Å²) >= 11 is 6.29. The Labute approximate surface area is 143 Å². The predicted octanol–water partition coefficient (Wildman–Crippen LogP) is 2.30. The van der Waals surface area contributed by atoms with Crippen LogP contribution in [0, 0.1) is 0 Å². The first-order valence-electron chi connectivity index (χ1n) is 7.99. The van der Waals surface area contributed by atoms with E-state index in [0.29, 0.717) is 22.9 Å². The van der Waals surface area contributed by atoms with Crippen molar-refractivity contribution in [2.75, 3.05) is 23.3 Å². The molecule has 0 spiro atoms. The van der Waals surface area contributed by atoms with E-state index >= 15 is 0 Å². The molecular formula is C16H16ClN7. The van der Waals surface area contributed by atoms with Crippen molar-refractivity contribution < 1.29 is 0 Å². The van der Waals surface area contributed by atoms with Gasteiger partial charge in [0, 0.05) is 36.2 Å². The van der Waals surface area contributed by atoms with E-state index in [9.17, 15) is 0 Å². The lowest BCUT2D eigenvalue weighted by Gasteiger charge is -2.27. The van der Waals surface area contributed by atoms with Gasteiger partial charge >= 0.3 is 0 Å². The van der Waals surface area contributed by atoms with E-state index < -0.39 is 0 Å². The zero-order chi connectivity index (χ0) is 16.1. The molecule has 3 aromatic rings. The van der Waals surface area contributed by atoms with E-state index in [1.165, 1.54) is 0 Å². The quantitative estimate of drug-likeness (QED) is 0.678. The third kappa shape index (κ3) is 2.28. The molecule has 2 fully saturated rings. The Hall–Kier alpha value is -2.38. The molecule has 2 saturated heterocycles. The number of aromatic amines is 1. The van der Waals surface area contributed by atoms with Crippen LogP contribution in [0.3, 0.4) is 0 Å². The summed E-state index contributed by atoms with van der Waals surface area (Å²) in [5, 5.41) is 15.3. The van der Waals surface area contributed by atoms with Crippen molar-refractivity contribution in [2.24, 2.45) is 0 Å². The highest BCUT2D eigenvalue weighted by atomic mass is 35.5. The Morgan fingerprint density at radius 1 is 1.29 bits per heavy atom. The van der Waals surface area contributed by atoms with Gasteiger partial charge in [-0.05, 0) is 24.6 Å². The highest BCUT2D eigenvalue weighted by molar-refractivity contribution is 6.32. The van der Waals surface area contributed by atoms with Crippen LogP contribution in [-0.2, 0) is 0 Å². The Balaban J connectivity index is 1.45. The fraction of sp³-hybridized carbons (Fsp3) is 0.312. The van der Waals surface area contributed by atoms with Gasteiger partial charge in [-0.25, -0.2) is 4.98 Å². The van der Waals surface area contributed by atoms with Crippen LogP contribution in [0.2, 0.25) is 5.02 Å². The molecule has 122 valence electrons. The third-order valence-corrected chi connectivity index (χ3v) is 5.02. The second-order valence-corrected chi connectivity index (χ2v) is 6.72. The minimum Gasteiger partial charge on any atom is -0.339 e. The van der Waals surface area contributed by atoms with Crippen LogP contribution in [0.4, 0.5) is 17.5 Å². The standard InChI is InChI=1S/C16H16ClN7/c17-13-7-19-16(24-8-11-4-12(24)6-18-11)22-15(13)21-10-1-2-14-9(3-10)5-20-23-14/h1-3,5,7,11-12,18H,4,6,8H2,(H,20,23)(H,19,21,22). The predicted molar refractivity (Wildman–Crippen MR) is 94.0 cm³/mol. The van der Waals surface area contributed by atoms with E-state index in [1.54, 1.807) is 12.4 Å². The molecule has 24 heavy (non-hydrogen) atoms. The van der Waals surface area contributed by atoms with Crippen LogP contribution >= 0.6 is 11.6 Å². The summed E-state index contributed by atoms with van der Waals surface area (Å²) in [4.78, 5) is 11.3. The lowest BCUT2D eigenvalue weighted by atomic mass is 10.2. The number of hydrogen-bond acceptors (Lipinski definition) is 6. The summed E-state index contributed by atoms with van der Waals surface area (Å²) in [5.41, 5.74) is 1.91. The number of nitrogens with zero attached hydrogens (tertiary/aromatic N) is 4. The van der Waals surface area contributed by atoms with Crippen LogP contribution in [0.5, 0.6) is 0 Å². The summed E-state index contributed by atoms with van der Waals surface area (Å²) in [6, 6.07) is 6.99. The molecule has 0 radical (unpaired) electrons. The molecule has 4 heterocycles. The molecule has 0 aliphatic carbocycles. The molecule has 1 aromatic carbocycles. The van der Waals surface area contributed by atoms with Crippen molar-refractivity contribution in [1.82, 2.24) is 25.5 Å². The van der Waals surface area contributed by atoms with Crippen molar-refractivity contribution in [3.05, 3.63) is 35.6 Å². The zero-order valence-electron chi connectivity index (χ0n) is 12.8. The smallest absolute Gasteiger partial charge is 0.227 e. The molecule has 3 N–H and O–H groups in total. The average Bonchev–Trinajstić information content (AvgIpc) is 3.32. The molecule has 5 rings (SSSR count). The van der Waals surface area contributed by atoms with Gasteiger partial charge in [-0.2, -0.15) is 10.1 Å². The summed E-state index contributed by atoms with van der Waals surface area (Å²) in [6.07, 6.45) is 4.62. The van der Waals surface area contributed by atoms with Crippen LogP contribution in [-0.4, -0.2) is 45.3 Å². The van der Waals surface area contributed by atoms with E-state index in [4.69, 9.17) is 11.6 Å². The number of piperazine rings is 1. The second kappa shape index (κ2) is 5.32. The number of aromatic nitrogens is 4. The van der Waals surface area contributed by atoms with Crippen molar-refractivity contribution in [3.8, 4) is 0 Å². The van der Waals surface area contributed by atoms with Gasteiger partial charge in [0.1, 0.15) is 5.02 Å². The maximum Gasteiger partial charge on any atom is 0.227 e. The number of fused-ring (bicyclic) bond motifs is 3. The van der Waals surface area contributed by atoms with E-state index in [-0.39, 0.29) is 0 Å². The number of rotatable bonds is 3. The Morgan fingerprint density at radius 2 is 2.25 bits per heavy atom. The number of halogens is 1. The largest absolute Gasteiger partial charge is 0.339 e. The molecule has 2 aliphatic rings. The van der Waals surface area contributed by atoms with Gasteiger partial charge in [0.2, 0.25) is 5.95 Å². The Kier molecular flexibility index (Phi) is 3.11. The van der Waals surface area contributed by atoms with Crippen molar-refractivity contribution in [3.63, 3.8) is 0 Å². The van der Waals surface area contributed by atoms with Crippen LogP contribution in [0.15, 0.2) is 30.6 Å². The molecule has 0 amide bonds. The fourth-order valence-electron chi connectivity index (χ4n) is 3.55. The fourth-order valence-corrected chi connectivity index (χ4v) is 3.69. The Bertz CT molecular complexity index is 908. The van der Waals surface area contributed by atoms with Gasteiger partial charge in [-0.1, -0.05) is 11.6 Å². The molecular weight excluding hydrogens is 326 g/mol. The number of hydrogen-bond donors (Lipinski definition) is 3. The van der Waals surface area contributed by atoms with E-state index in [1.807, 2.05) is 18.2 Å². The second-order valence-electron chi connectivity index (χ2n) is 6.31. The van der Waals surface area contributed by atoms with Gasteiger partial charge in [0.15, 0.2) is 5.82 Å². The average molecular weight is 342 g/mol. The van der Waals surface area contributed by atoms with Gasteiger partial charge in [-0.3, -0.25) is 5.10 Å². The molecule has 2 unspecified atom stereocenters. The molecule has 2 atom stereocenters. The topological polar surface area (TPSA) is 81.8 Å². The maximum atomic E-state index is 6.29. The lowest BCUT2D eigenvalue weighted by Crippen LogP contribution is -2.44. The first-order chi connectivity index (χ1) is 11.8. The van der Waals surface area contributed by atoms with Crippen LogP contribution in [0.25, 0.3) is 10.9 Å². The monoisotopic (exact) mass is 341 g/mol. The molecule has 2 bridgehead atoms. The highest BCUT2D eigenvalue weighted by Crippen LogP contribution is 2.30. The van der Waals surface area contributed by atoms with Crippen molar-refractivity contribution in [1.29, 1.82) is 0 Å². The number of nitrogens with one attached hydrogen (secondary N) is 3. The first kappa shape index (κ1) is 14.0. The van der Waals surface area contributed by atoms with Crippen LogP contribution < -0.4 is 15.5 Å². The van der Waals surface area contributed by atoms with Gasteiger partial charge in [0.25, 0.3) is 0 Å². The van der Waals surface area contributed by atoms with Crippen molar-refractivity contribution in [2.45, 2.75) is 18.5 Å². The van der Waals surface area contributed by atoms with Crippen LogP contribution in [0.1, 0.15) is 6.42 Å². The summed E-state index contributed by atoms with van der Waals surface area (Å²) in [7, 11) is 0. The molecule has 2 aliphatic heterocycles. The summed E-state index contributed by atoms with van der Waals surface area (Å²) in [6.45, 7) is 1.95. The molecule has 7 nitrogen and oxygen atoms in total. The van der Waals surface area contributed by atoms with Crippen molar-refractivity contribution >= 4 is 40.0 Å². The van der Waals surface area contributed by atoms with Gasteiger partial charge in [0.05, 0.1) is 17.9 Å². The molecule has 8 heteroatoms. The highest BCUT2D eigenvalue weighted by Gasteiger charge is 2.38. The zero-order valence-corrected chi connectivity index (χ0v) is 13.6. The summed E-state index contributed by atoms with van der Waals surface area (Å²) < 4.78 is 0. The van der Waals surface area contributed by atoms with E-state index in [2.05, 4.69) is 35.7 Å². The minimum absolute atomic E-state index is 0.478. The number of benzene rings is 1. The maximum absolute atomic E-state index is 6.29. The number of anilines is 3. The molecule has 0 saturated carbocycles. The first-order valence-corrected chi connectivity index (χ1v) is 8.37. The SMILES string of the molecule is Clc1cnc(N2CC3CC2CN3)nc1Nc1ccc2[nH]ncc2c1. The normalized spacial score (nSPS) is 22.5. The number of H-pyrrole nitrogens is 1.